The summed E-state index contributed by atoms with van der Waals surface area (Å²) in [5, 5.41) is 21.2. The number of nitrogens with zero attached hydrogens (tertiary/aromatic N) is 3. The number of ether oxygens (including phenoxy) is 3. The van der Waals surface area contributed by atoms with E-state index < -0.39 is 0 Å². The summed E-state index contributed by atoms with van der Waals surface area (Å²) >= 11 is 2.60. The maximum Gasteiger partial charge on any atom is 0.277 e. The normalized spacial score (nSPS) is 12.2. The monoisotopic (exact) mass is 472 g/mol. The van der Waals surface area contributed by atoms with Crippen LogP contribution in [0.25, 0.3) is 11.5 Å². The number of aryl methyl sites for hydroxylation is 1. The molecule has 32 heavy (non-hydrogen) atoms. The summed E-state index contributed by atoms with van der Waals surface area (Å²) in [6.45, 7) is 0. The van der Waals surface area contributed by atoms with E-state index in [1.165, 1.54) is 37.5 Å². The van der Waals surface area contributed by atoms with E-state index in [1.54, 1.807) is 12.1 Å². The average molecular weight is 473 g/mol. The van der Waals surface area contributed by atoms with E-state index in [2.05, 4.69) is 21.6 Å². The Kier molecular flexibility index (Phi) is 6.53. The summed E-state index contributed by atoms with van der Waals surface area (Å²) in [5.41, 5.74) is 2.26. The molecule has 1 aliphatic rings. The van der Waals surface area contributed by atoms with E-state index in [1.807, 2.05) is 0 Å². The number of thiophene rings is 1. The van der Waals surface area contributed by atoms with Gasteiger partial charge >= 0.3 is 0 Å². The minimum absolute atomic E-state index is 0.0737. The SMILES string of the molecule is COc1cc(-c2nnc(SCC(=O)Nc3sc4c(c3C#N)CCC4)o2)cc(OC)c1OC. The van der Waals surface area contributed by atoms with Gasteiger partial charge in [-0.2, -0.15) is 5.26 Å². The lowest BCUT2D eigenvalue weighted by Gasteiger charge is -2.12. The smallest absolute Gasteiger partial charge is 0.277 e. The van der Waals surface area contributed by atoms with Gasteiger partial charge < -0.3 is 23.9 Å². The molecule has 0 saturated heterocycles. The Morgan fingerprint density at radius 1 is 1.22 bits per heavy atom. The molecular weight excluding hydrogens is 452 g/mol. The van der Waals surface area contributed by atoms with Crippen molar-refractivity contribution >= 4 is 34.0 Å². The second kappa shape index (κ2) is 9.50. The van der Waals surface area contributed by atoms with Crippen molar-refractivity contribution in [3.05, 3.63) is 28.1 Å². The number of hydrogen-bond acceptors (Lipinski definition) is 10. The number of fused-ring (bicyclic) bond motifs is 1. The van der Waals surface area contributed by atoms with Crippen molar-refractivity contribution in [1.82, 2.24) is 10.2 Å². The van der Waals surface area contributed by atoms with Crippen molar-refractivity contribution in [3.8, 4) is 34.8 Å². The Labute approximate surface area is 192 Å². The highest BCUT2D eigenvalue weighted by Gasteiger charge is 2.23. The van der Waals surface area contributed by atoms with Crippen LogP contribution in [0, 0.1) is 11.3 Å². The second-order valence-electron chi connectivity index (χ2n) is 6.80. The van der Waals surface area contributed by atoms with E-state index in [0.29, 0.717) is 33.4 Å². The molecule has 1 amide bonds. The molecule has 3 aromatic rings. The molecule has 1 aliphatic carbocycles. The fraction of sp³-hybridized carbons (Fsp3) is 0.333. The summed E-state index contributed by atoms with van der Waals surface area (Å²) in [7, 11) is 4.57. The zero-order valence-corrected chi connectivity index (χ0v) is 19.3. The molecule has 0 radical (unpaired) electrons. The number of rotatable bonds is 8. The number of thioether (sulfide) groups is 1. The molecule has 0 fully saturated rings. The Balaban J connectivity index is 1.43. The van der Waals surface area contributed by atoms with Gasteiger partial charge in [0.25, 0.3) is 5.22 Å². The zero-order chi connectivity index (χ0) is 22.7. The first-order valence-corrected chi connectivity index (χ1v) is 11.5. The summed E-state index contributed by atoms with van der Waals surface area (Å²) in [6.07, 6.45) is 2.92. The fourth-order valence-electron chi connectivity index (χ4n) is 3.49. The number of nitrogens with one attached hydrogen (secondary N) is 1. The third-order valence-electron chi connectivity index (χ3n) is 4.93. The van der Waals surface area contributed by atoms with Crippen LogP contribution in [-0.2, 0) is 17.6 Å². The molecule has 4 rings (SSSR count). The molecule has 1 aromatic carbocycles. The van der Waals surface area contributed by atoms with Gasteiger partial charge in [-0.25, -0.2) is 0 Å². The number of amides is 1. The zero-order valence-electron chi connectivity index (χ0n) is 17.7. The van der Waals surface area contributed by atoms with Gasteiger partial charge in [-0.15, -0.1) is 21.5 Å². The van der Waals surface area contributed by atoms with Crippen molar-refractivity contribution < 1.29 is 23.4 Å². The van der Waals surface area contributed by atoms with E-state index in [0.717, 1.165) is 36.6 Å². The van der Waals surface area contributed by atoms with Crippen LogP contribution in [0.1, 0.15) is 22.4 Å². The summed E-state index contributed by atoms with van der Waals surface area (Å²) in [6, 6.07) is 5.63. The lowest BCUT2D eigenvalue weighted by Crippen LogP contribution is -2.14. The lowest BCUT2D eigenvalue weighted by atomic mass is 10.1. The highest BCUT2D eigenvalue weighted by Crippen LogP contribution is 2.41. The minimum atomic E-state index is -0.237. The predicted molar refractivity (Wildman–Crippen MR) is 120 cm³/mol. The van der Waals surface area contributed by atoms with Gasteiger partial charge in [0.05, 0.1) is 32.6 Å². The molecule has 2 aromatic heterocycles. The van der Waals surface area contributed by atoms with E-state index in [9.17, 15) is 10.1 Å². The first-order chi connectivity index (χ1) is 15.6. The Bertz CT molecular complexity index is 1170. The molecule has 0 saturated carbocycles. The average Bonchev–Trinajstić information content (AvgIpc) is 3.53. The number of benzene rings is 1. The van der Waals surface area contributed by atoms with Crippen LogP contribution in [-0.4, -0.2) is 43.2 Å². The molecule has 0 bridgehead atoms. The number of nitriles is 1. The van der Waals surface area contributed by atoms with E-state index in [4.69, 9.17) is 18.6 Å². The molecule has 0 spiro atoms. The second-order valence-corrected chi connectivity index (χ2v) is 8.83. The third-order valence-corrected chi connectivity index (χ3v) is 6.96. The fourth-order valence-corrected chi connectivity index (χ4v) is 5.31. The van der Waals surface area contributed by atoms with Gasteiger partial charge in [0.1, 0.15) is 11.1 Å². The standard InChI is InChI=1S/C21H20N4O5S2/c1-27-14-7-11(8-15(28-2)18(14)29-3)19-24-25-21(30-19)31-10-17(26)23-20-13(9-22)12-5-4-6-16(12)32-20/h7-8H,4-6,10H2,1-3H3,(H,23,26). The van der Waals surface area contributed by atoms with Crippen LogP contribution >= 0.6 is 23.1 Å². The highest BCUT2D eigenvalue weighted by atomic mass is 32.2. The van der Waals surface area contributed by atoms with Crippen LogP contribution in [0.2, 0.25) is 0 Å². The maximum atomic E-state index is 12.4. The van der Waals surface area contributed by atoms with E-state index >= 15 is 0 Å². The third kappa shape index (κ3) is 4.24. The maximum absolute atomic E-state index is 12.4. The molecule has 166 valence electrons. The van der Waals surface area contributed by atoms with Gasteiger partial charge in [0.2, 0.25) is 17.5 Å². The van der Waals surface area contributed by atoms with Crippen LogP contribution in [0.4, 0.5) is 5.00 Å². The molecule has 0 aliphatic heterocycles. The van der Waals surface area contributed by atoms with Gasteiger partial charge in [-0.1, -0.05) is 11.8 Å². The van der Waals surface area contributed by atoms with Crippen molar-refractivity contribution in [2.45, 2.75) is 24.5 Å². The first-order valence-electron chi connectivity index (χ1n) is 9.69. The van der Waals surface area contributed by atoms with E-state index in [-0.39, 0.29) is 22.8 Å². The highest BCUT2D eigenvalue weighted by molar-refractivity contribution is 7.99. The van der Waals surface area contributed by atoms with Crippen LogP contribution in [0.3, 0.4) is 0 Å². The number of aromatic nitrogens is 2. The van der Waals surface area contributed by atoms with Crippen molar-refractivity contribution in [3.63, 3.8) is 0 Å². The predicted octanol–water partition coefficient (Wildman–Crippen LogP) is 3.92. The summed E-state index contributed by atoms with van der Waals surface area (Å²) in [4.78, 5) is 13.6. The van der Waals surface area contributed by atoms with Crippen LogP contribution in [0.15, 0.2) is 21.8 Å². The van der Waals surface area contributed by atoms with Crippen LogP contribution in [0.5, 0.6) is 17.2 Å². The first kappa shape index (κ1) is 22.0. The Morgan fingerprint density at radius 3 is 2.62 bits per heavy atom. The minimum Gasteiger partial charge on any atom is -0.493 e. The van der Waals surface area contributed by atoms with Crippen molar-refractivity contribution in [2.75, 3.05) is 32.4 Å². The molecular formula is C21H20N4O5S2. The summed E-state index contributed by atoms with van der Waals surface area (Å²) in [5.74, 6) is 1.48. The van der Waals surface area contributed by atoms with Gasteiger partial charge in [-0.05, 0) is 37.0 Å². The molecule has 2 heterocycles. The molecule has 11 heteroatoms. The number of anilines is 1. The van der Waals surface area contributed by atoms with Gasteiger partial charge in [-0.3, -0.25) is 4.79 Å². The quantitative estimate of drug-likeness (QED) is 0.486. The summed E-state index contributed by atoms with van der Waals surface area (Å²) < 4.78 is 21.7. The van der Waals surface area contributed by atoms with Gasteiger partial charge in [0.15, 0.2) is 11.5 Å². The van der Waals surface area contributed by atoms with Gasteiger partial charge in [0, 0.05) is 10.4 Å². The Morgan fingerprint density at radius 2 is 1.97 bits per heavy atom. The topological polar surface area (TPSA) is 120 Å². The number of carbonyl (C=O) groups excluding carboxylic acids is 1. The molecule has 9 nitrogen and oxygen atoms in total. The number of carbonyl (C=O) groups is 1. The number of hydrogen-bond donors (Lipinski definition) is 1. The van der Waals surface area contributed by atoms with Crippen molar-refractivity contribution in [1.29, 1.82) is 5.26 Å². The van der Waals surface area contributed by atoms with Crippen LogP contribution < -0.4 is 19.5 Å². The van der Waals surface area contributed by atoms with Crippen molar-refractivity contribution in [2.24, 2.45) is 0 Å². The molecule has 0 atom stereocenters. The largest absolute Gasteiger partial charge is 0.493 e. The molecule has 0 unspecified atom stereocenters. The number of methoxy groups -OCH3 is 3. The Hall–Kier alpha value is -3.23. The lowest BCUT2D eigenvalue weighted by molar-refractivity contribution is -0.113. The molecule has 1 N–H and O–H groups in total.